The Kier molecular flexibility index (Phi) is 5.85. The maximum absolute atomic E-state index is 13.8. The fourth-order valence-electron chi connectivity index (χ4n) is 3.08. The Morgan fingerprint density at radius 3 is 2.00 bits per heavy atom. The largest absolute Gasteiger partial charge is 0.379 e. The molecule has 2 rings (SSSR count). The van der Waals surface area contributed by atoms with E-state index in [4.69, 9.17) is 4.74 Å². The molecule has 6 heteroatoms. The van der Waals surface area contributed by atoms with Gasteiger partial charge in [0.2, 0.25) is 0 Å². The van der Waals surface area contributed by atoms with Crippen molar-refractivity contribution in [2.45, 2.75) is 33.1 Å². The Balaban J connectivity index is 2.21. The number of rotatable bonds is 5. The zero-order valence-electron chi connectivity index (χ0n) is 12.4. The van der Waals surface area contributed by atoms with Crippen molar-refractivity contribution in [3.05, 3.63) is 0 Å². The van der Waals surface area contributed by atoms with E-state index in [0.717, 1.165) is 39.3 Å². The zero-order chi connectivity index (χ0) is 13.7. The minimum Gasteiger partial charge on any atom is -0.379 e. The van der Waals surface area contributed by atoms with Gasteiger partial charge in [-0.3, -0.25) is 4.57 Å². The lowest BCUT2D eigenvalue weighted by Gasteiger charge is -2.46. The quantitative estimate of drug-likeness (QED) is 0.726. The summed E-state index contributed by atoms with van der Waals surface area (Å²) in [6.45, 7) is 10.9. The minimum atomic E-state index is -2.56. The Hall–Kier alpha value is 0.0700. The van der Waals surface area contributed by atoms with Gasteiger partial charge in [0.05, 0.1) is 13.2 Å². The number of hydrogen-bond acceptors (Lipinski definition) is 2. The summed E-state index contributed by atoms with van der Waals surface area (Å²) in [4.78, 5) is 0. The van der Waals surface area contributed by atoms with Gasteiger partial charge < -0.3 is 4.74 Å². The third kappa shape index (κ3) is 3.22. The van der Waals surface area contributed by atoms with Crippen LogP contribution in [-0.4, -0.2) is 66.5 Å². The van der Waals surface area contributed by atoms with Crippen molar-refractivity contribution in [3.63, 3.8) is 0 Å². The Bertz CT molecular complexity index is 289. The van der Waals surface area contributed by atoms with Gasteiger partial charge in [-0.05, 0) is 12.8 Å². The highest BCUT2D eigenvalue weighted by Crippen LogP contribution is 2.57. The lowest BCUT2D eigenvalue weighted by Crippen LogP contribution is -2.46. The van der Waals surface area contributed by atoms with Crippen LogP contribution in [0.5, 0.6) is 0 Å². The molecule has 2 fully saturated rings. The lowest BCUT2D eigenvalue weighted by molar-refractivity contribution is 0.0636. The minimum absolute atomic E-state index is 0.707. The molecule has 0 saturated carbocycles. The molecule has 2 heterocycles. The second-order valence-corrected chi connectivity index (χ2v) is 7.96. The van der Waals surface area contributed by atoms with E-state index in [1.807, 2.05) is 0 Å². The first-order valence-corrected chi connectivity index (χ1v) is 9.24. The summed E-state index contributed by atoms with van der Waals surface area (Å²) in [6.07, 6.45) is 3.63. The standard InChI is InChI=1S/C13H28N3O2P/c1-3-14(4-2)19(17,15-8-6-5-7-9-15)16-10-12-18-13-11-16/h3-13H2,1-2H3. The van der Waals surface area contributed by atoms with E-state index >= 15 is 0 Å². The molecule has 0 aromatic carbocycles. The molecule has 0 aromatic rings. The highest BCUT2D eigenvalue weighted by Gasteiger charge is 2.42. The van der Waals surface area contributed by atoms with E-state index in [2.05, 4.69) is 27.9 Å². The monoisotopic (exact) mass is 289 g/mol. The number of morpholine rings is 1. The molecule has 0 radical (unpaired) electrons. The fraction of sp³-hybridized carbons (Fsp3) is 1.00. The summed E-state index contributed by atoms with van der Waals surface area (Å²) in [5.74, 6) is 0. The normalized spacial score (nSPS) is 26.5. The topological polar surface area (TPSA) is 36.0 Å². The molecule has 2 saturated heterocycles. The number of piperidine rings is 1. The lowest BCUT2D eigenvalue weighted by atomic mass is 10.2. The van der Waals surface area contributed by atoms with Gasteiger partial charge in [0.1, 0.15) is 0 Å². The van der Waals surface area contributed by atoms with Crippen LogP contribution in [0.15, 0.2) is 0 Å². The molecule has 2 aliphatic heterocycles. The molecule has 112 valence electrons. The molecule has 1 unspecified atom stereocenters. The van der Waals surface area contributed by atoms with E-state index in [1.165, 1.54) is 19.3 Å². The molecule has 1 atom stereocenters. The Morgan fingerprint density at radius 2 is 1.47 bits per heavy atom. The molecule has 0 aromatic heterocycles. The molecule has 19 heavy (non-hydrogen) atoms. The van der Waals surface area contributed by atoms with Crippen molar-refractivity contribution in [2.75, 3.05) is 52.5 Å². The Morgan fingerprint density at radius 1 is 0.947 bits per heavy atom. The molecule has 0 amide bonds. The molecule has 2 aliphatic rings. The van der Waals surface area contributed by atoms with Crippen molar-refractivity contribution in [2.24, 2.45) is 0 Å². The molecule has 0 bridgehead atoms. The van der Waals surface area contributed by atoms with Crippen LogP contribution in [0.4, 0.5) is 0 Å². The molecular formula is C13H28N3O2P. The number of nitrogens with zero attached hydrogens (tertiary/aromatic N) is 3. The van der Waals surface area contributed by atoms with Crippen molar-refractivity contribution in [3.8, 4) is 0 Å². The maximum atomic E-state index is 13.8. The van der Waals surface area contributed by atoms with Gasteiger partial charge in [-0.2, -0.15) is 0 Å². The van der Waals surface area contributed by atoms with E-state index in [1.54, 1.807) is 0 Å². The smallest absolute Gasteiger partial charge is 0.287 e. The summed E-state index contributed by atoms with van der Waals surface area (Å²) >= 11 is 0. The third-order valence-electron chi connectivity index (χ3n) is 4.16. The molecule has 0 spiro atoms. The predicted octanol–water partition coefficient (Wildman–Crippen LogP) is 2.25. The van der Waals surface area contributed by atoms with Crippen molar-refractivity contribution < 1.29 is 9.30 Å². The molecular weight excluding hydrogens is 261 g/mol. The summed E-state index contributed by atoms with van der Waals surface area (Å²) in [7, 11) is -2.56. The fourth-order valence-corrected chi connectivity index (χ4v) is 6.38. The Labute approximate surface area is 117 Å². The van der Waals surface area contributed by atoms with Crippen LogP contribution in [0, 0.1) is 0 Å². The van der Waals surface area contributed by atoms with E-state index in [0.29, 0.717) is 13.2 Å². The summed E-state index contributed by atoms with van der Waals surface area (Å²) in [6, 6.07) is 0. The summed E-state index contributed by atoms with van der Waals surface area (Å²) in [5, 5.41) is 0. The van der Waals surface area contributed by atoms with Gasteiger partial charge in [-0.1, -0.05) is 20.3 Å². The number of hydrogen-bond donors (Lipinski definition) is 0. The number of ether oxygens (including phenoxy) is 1. The van der Waals surface area contributed by atoms with Gasteiger partial charge in [0.25, 0.3) is 7.59 Å². The summed E-state index contributed by atoms with van der Waals surface area (Å²) < 4.78 is 25.9. The van der Waals surface area contributed by atoms with Crippen LogP contribution < -0.4 is 0 Å². The first kappa shape index (κ1) is 15.5. The van der Waals surface area contributed by atoms with Gasteiger partial charge in [0, 0.05) is 39.3 Å². The van der Waals surface area contributed by atoms with Gasteiger partial charge in [-0.25, -0.2) is 14.0 Å². The van der Waals surface area contributed by atoms with Gasteiger partial charge >= 0.3 is 0 Å². The van der Waals surface area contributed by atoms with Gasteiger partial charge in [0.15, 0.2) is 0 Å². The second-order valence-electron chi connectivity index (χ2n) is 5.23. The predicted molar refractivity (Wildman–Crippen MR) is 78.3 cm³/mol. The zero-order valence-corrected chi connectivity index (χ0v) is 13.3. The second kappa shape index (κ2) is 7.19. The molecule has 5 nitrogen and oxygen atoms in total. The molecule has 0 aliphatic carbocycles. The van der Waals surface area contributed by atoms with Crippen molar-refractivity contribution in [1.29, 1.82) is 0 Å². The van der Waals surface area contributed by atoms with Crippen LogP contribution in [0.25, 0.3) is 0 Å². The summed E-state index contributed by atoms with van der Waals surface area (Å²) in [5.41, 5.74) is 0. The van der Waals surface area contributed by atoms with Crippen LogP contribution >= 0.6 is 7.59 Å². The maximum Gasteiger partial charge on any atom is 0.287 e. The third-order valence-corrected chi connectivity index (χ3v) is 7.73. The average molecular weight is 289 g/mol. The first-order valence-electron chi connectivity index (χ1n) is 7.67. The molecule has 0 N–H and O–H groups in total. The van der Waals surface area contributed by atoms with Crippen LogP contribution in [0.2, 0.25) is 0 Å². The highest BCUT2D eigenvalue weighted by molar-refractivity contribution is 7.56. The van der Waals surface area contributed by atoms with E-state index < -0.39 is 7.59 Å². The van der Waals surface area contributed by atoms with Crippen LogP contribution in [0.3, 0.4) is 0 Å². The SMILES string of the molecule is CCN(CC)P(=O)(N1CCCCC1)N1CCOCC1. The van der Waals surface area contributed by atoms with Crippen molar-refractivity contribution in [1.82, 2.24) is 14.0 Å². The van der Waals surface area contributed by atoms with E-state index in [-0.39, 0.29) is 0 Å². The van der Waals surface area contributed by atoms with Crippen LogP contribution in [0.1, 0.15) is 33.1 Å². The van der Waals surface area contributed by atoms with Crippen molar-refractivity contribution >= 4 is 7.59 Å². The highest BCUT2D eigenvalue weighted by atomic mass is 31.2. The first-order chi connectivity index (χ1) is 9.23. The van der Waals surface area contributed by atoms with Gasteiger partial charge in [-0.15, -0.1) is 0 Å². The average Bonchev–Trinajstić information content (AvgIpc) is 2.50. The van der Waals surface area contributed by atoms with Crippen LogP contribution in [-0.2, 0) is 9.30 Å². The van der Waals surface area contributed by atoms with E-state index in [9.17, 15) is 4.57 Å².